The van der Waals surface area contributed by atoms with Crippen molar-refractivity contribution in [3.8, 4) is 17.4 Å². The summed E-state index contributed by atoms with van der Waals surface area (Å²) in [6.07, 6.45) is 1.65. The molecule has 2 aromatic rings. The zero-order valence-electron chi connectivity index (χ0n) is 16.8. The topological polar surface area (TPSA) is 90.9 Å². The number of methoxy groups -OCH3 is 2. The predicted octanol–water partition coefficient (Wildman–Crippen LogP) is 3.17. The number of hydrogen-bond donors (Lipinski definition) is 2. The first-order chi connectivity index (χ1) is 14.1. The summed E-state index contributed by atoms with van der Waals surface area (Å²) >= 11 is 6.24. The minimum absolute atomic E-state index is 0.291. The van der Waals surface area contributed by atoms with Crippen molar-refractivity contribution in [3.05, 3.63) is 46.6 Å². The van der Waals surface area contributed by atoms with Gasteiger partial charge < -0.3 is 29.6 Å². The molecule has 0 aliphatic rings. The van der Waals surface area contributed by atoms with Crippen molar-refractivity contribution in [1.82, 2.24) is 15.6 Å². The van der Waals surface area contributed by atoms with Gasteiger partial charge in [0, 0.05) is 32.5 Å². The van der Waals surface area contributed by atoms with Crippen molar-refractivity contribution in [1.29, 1.82) is 0 Å². The third-order valence-electron chi connectivity index (χ3n) is 3.82. The van der Waals surface area contributed by atoms with Gasteiger partial charge in [0.05, 0.1) is 25.3 Å². The van der Waals surface area contributed by atoms with Crippen LogP contribution >= 0.6 is 11.6 Å². The first-order valence-electron chi connectivity index (χ1n) is 9.15. The molecule has 1 aromatic carbocycles. The molecule has 8 nitrogen and oxygen atoms in total. The Morgan fingerprint density at radius 1 is 1.07 bits per heavy atom. The first kappa shape index (κ1) is 22.6. The molecule has 2 N–H and O–H groups in total. The lowest BCUT2D eigenvalue weighted by Gasteiger charge is -2.14. The number of pyridine rings is 1. The molecule has 0 bridgehead atoms. The molecule has 0 fully saturated rings. The van der Waals surface area contributed by atoms with Crippen molar-refractivity contribution >= 4 is 17.6 Å². The molecule has 0 aliphatic carbocycles. The lowest BCUT2D eigenvalue weighted by Crippen LogP contribution is -2.34. The highest BCUT2D eigenvalue weighted by molar-refractivity contribution is 6.32. The normalized spacial score (nSPS) is 10.3. The second-order valence-electron chi connectivity index (χ2n) is 5.92. The van der Waals surface area contributed by atoms with Gasteiger partial charge in [-0.3, -0.25) is 0 Å². The van der Waals surface area contributed by atoms with E-state index >= 15 is 0 Å². The highest BCUT2D eigenvalue weighted by Crippen LogP contribution is 2.36. The van der Waals surface area contributed by atoms with E-state index in [1.165, 1.54) is 0 Å². The Labute approximate surface area is 175 Å². The molecular weight excluding hydrogens is 398 g/mol. The molecule has 1 heterocycles. The summed E-state index contributed by atoms with van der Waals surface area (Å²) in [5.74, 6) is 1.53. The maximum absolute atomic E-state index is 12.1. The maximum Gasteiger partial charge on any atom is 0.315 e. The minimum Gasteiger partial charge on any atom is -0.493 e. The monoisotopic (exact) mass is 423 g/mol. The lowest BCUT2D eigenvalue weighted by atomic mass is 10.2. The van der Waals surface area contributed by atoms with Crippen LogP contribution in [-0.2, 0) is 17.8 Å². The number of rotatable bonds is 11. The Hall–Kier alpha value is -2.71. The molecule has 0 saturated carbocycles. The van der Waals surface area contributed by atoms with E-state index < -0.39 is 0 Å². The molecule has 0 spiro atoms. The number of ether oxygens (including phenoxy) is 4. The van der Waals surface area contributed by atoms with E-state index in [0.29, 0.717) is 55.3 Å². The fourth-order valence-electron chi connectivity index (χ4n) is 2.42. The van der Waals surface area contributed by atoms with Crippen molar-refractivity contribution in [2.75, 3.05) is 34.0 Å². The van der Waals surface area contributed by atoms with Gasteiger partial charge in [-0.15, -0.1) is 0 Å². The second-order valence-corrected chi connectivity index (χ2v) is 6.33. The van der Waals surface area contributed by atoms with E-state index in [2.05, 4.69) is 15.6 Å². The van der Waals surface area contributed by atoms with Gasteiger partial charge in [0.1, 0.15) is 6.61 Å². The number of hydrogen-bond acceptors (Lipinski definition) is 6. The van der Waals surface area contributed by atoms with Gasteiger partial charge in [0.25, 0.3) is 0 Å². The molecule has 2 rings (SSSR count). The van der Waals surface area contributed by atoms with Crippen LogP contribution < -0.4 is 24.8 Å². The van der Waals surface area contributed by atoms with Crippen LogP contribution in [0.25, 0.3) is 0 Å². The number of urea groups is 1. The van der Waals surface area contributed by atoms with Crippen LogP contribution in [0.4, 0.5) is 4.79 Å². The van der Waals surface area contributed by atoms with Crippen LogP contribution in [0.1, 0.15) is 18.1 Å². The van der Waals surface area contributed by atoms with Crippen LogP contribution in [0.5, 0.6) is 17.4 Å². The molecule has 1 aromatic heterocycles. The summed E-state index contributed by atoms with van der Waals surface area (Å²) < 4.78 is 21.1. The molecular formula is C20H26ClN3O5. The fraction of sp³-hybridized carbons (Fsp3) is 0.400. The minimum atomic E-state index is -0.311. The van der Waals surface area contributed by atoms with Crippen LogP contribution in [0.15, 0.2) is 30.5 Å². The van der Waals surface area contributed by atoms with E-state index in [-0.39, 0.29) is 6.03 Å². The number of nitrogens with one attached hydrogen (secondary N) is 2. The molecule has 29 heavy (non-hydrogen) atoms. The Morgan fingerprint density at radius 3 is 2.45 bits per heavy atom. The molecule has 0 saturated heterocycles. The van der Waals surface area contributed by atoms with Gasteiger partial charge in [0.2, 0.25) is 5.88 Å². The Kier molecular flexibility index (Phi) is 9.33. The standard InChI is InChI=1S/C20H26ClN3O5/c1-4-28-19-16(21)9-15(10-17(19)27-3)13-24-20(25)23-12-14-5-6-18(22-11-14)29-8-7-26-2/h5-6,9-11H,4,7-8,12-13H2,1-3H3,(H2,23,24,25). The Morgan fingerprint density at radius 2 is 1.83 bits per heavy atom. The number of carbonyl (C=O) groups is 1. The number of benzene rings is 1. The van der Waals surface area contributed by atoms with E-state index in [0.717, 1.165) is 11.1 Å². The molecule has 2 amide bonds. The number of amides is 2. The van der Waals surface area contributed by atoms with Gasteiger partial charge in [-0.05, 0) is 30.2 Å². The van der Waals surface area contributed by atoms with E-state index in [1.807, 2.05) is 13.0 Å². The third kappa shape index (κ3) is 7.32. The summed E-state index contributed by atoms with van der Waals surface area (Å²) in [5, 5.41) is 5.99. The quantitative estimate of drug-likeness (QED) is 0.539. The maximum atomic E-state index is 12.1. The summed E-state index contributed by atoms with van der Waals surface area (Å²) in [4.78, 5) is 16.3. The molecule has 158 valence electrons. The fourth-order valence-corrected chi connectivity index (χ4v) is 2.71. The van der Waals surface area contributed by atoms with Gasteiger partial charge >= 0.3 is 6.03 Å². The predicted molar refractivity (Wildman–Crippen MR) is 110 cm³/mol. The summed E-state index contributed by atoms with van der Waals surface area (Å²) in [5.41, 5.74) is 1.65. The van der Waals surface area contributed by atoms with Gasteiger partial charge in [-0.1, -0.05) is 17.7 Å². The largest absolute Gasteiger partial charge is 0.493 e. The van der Waals surface area contributed by atoms with Gasteiger partial charge in [0.15, 0.2) is 11.5 Å². The zero-order valence-corrected chi connectivity index (χ0v) is 17.5. The molecule has 0 atom stereocenters. The van der Waals surface area contributed by atoms with Crippen LogP contribution in [-0.4, -0.2) is 45.1 Å². The highest BCUT2D eigenvalue weighted by Gasteiger charge is 2.12. The summed E-state index contributed by atoms with van der Waals surface area (Å²) in [6.45, 7) is 3.90. The molecule has 0 aliphatic heterocycles. The van der Waals surface area contributed by atoms with Crippen LogP contribution in [0, 0.1) is 0 Å². The average Bonchev–Trinajstić information content (AvgIpc) is 2.73. The van der Waals surface area contributed by atoms with E-state index in [4.69, 9.17) is 30.5 Å². The van der Waals surface area contributed by atoms with Crippen molar-refractivity contribution < 1.29 is 23.7 Å². The van der Waals surface area contributed by atoms with Gasteiger partial charge in [-0.25, -0.2) is 9.78 Å². The Bertz CT molecular complexity index is 786. The van der Waals surface area contributed by atoms with E-state index in [1.54, 1.807) is 38.6 Å². The summed E-state index contributed by atoms with van der Waals surface area (Å²) in [6, 6.07) is 6.80. The van der Waals surface area contributed by atoms with Crippen molar-refractivity contribution in [3.63, 3.8) is 0 Å². The van der Waals surface area contributed by atoms with Crippen LogP contribution in [0.3, 0.4) is 0 Å². The second kappa shape index (κ2) is 12.0. The smallest absolute Gasteiger partial charge is 0.315 e. The number of halogens is 1. The summed E-state index contributed by atoms with van der Waals surface area (Å²) in [7, 11) is 3.15. The average molecular weight is 424 g/mol. The third-order valence-corrected chi connectivity index (χ3v) is 4.10. The number of aromatic nitrogens is 1. The van der Waals surface area contributed by atoms with Crippen molar-refractivity contribution in [2.24, 2.45) is 0 Å². The molecule has 0 radical (unpaired) electrons. The highest BCUT2D eigenvalue weighted by atomic mass is 35.5. The first-order valence-corrected chi connectivity index (χ1v) is 9.52. The molecule has 9 heteroatoms. The SMILES string of the molecule is CCOc1c(Cl)cc(CNC(=O)NCc2ccc(OCCOC)nc2)cc1OC. The van der Waals surface area contributed by atoms with Gasteiger partial charge in [-0.2, -0.15) is 0 Å². The lowest BCUT2D eigenvalue weighted by molar-refractivity contribution is 0.143. The van der Waals surface area contributed by atoms with Crippen molar-refractivity contribution in [2.45, 2.75) is 20.0 Å². The Balaban J connectivity index is 1.82. The van der Waals surface area contributed by atoms with E-state index in [9.17, 15) is 4.79 Å². The number of carbonyl (C=O) groups excluding carboxylic acids is 1. The zero-order chi connectivity index (χ0) is 21.1. The number of nitrogens with zero attached hydrogens (tertiary/aromatic N) is 1. The molecule has 0 unspecified atom stereocenters. The van der Waals surface area contributed by atoms with Crippen LogP contribution in [0.2, 0.25) is 5.02 Å².